The Kier molecular flexibility index (Phi) is 5.89. The van der Waals surface area contributed by atoms with Crippen LogP contribution in [0.3, 0.4) is 0 Å². The molecular weight excluding hydrogens is 338 g/mol. The smallest absolute Gasteiger partial charge is 0.253 e. The van der Waals surface area contributed by atoms with E-state index in [1.54, 1.807) is 0 Å². The summed E-state index contributed by atoms with van der Waals surface area (Å²) in [5.74, 6) is 0.436. The molecule has 0 aliphatic carbocycles. The van der Waals surface area contributed by atoms with Crippen LogP contribution in [0.15, 0.2) is 24.3 Å². The molecule has 2 fully saturated rings. The number of likely N-dealkylation sites (tertiary alicyclic amines) is 1. The first-order valence-electron chi connectivity index (χ1n) is 10.1. The molecule has 0 N–H and O–H groups in total. The summed E-state index contributed by atoms with van der Waals surface area (Å²) in [6, 6.07) is 7.97. The minimum atomic E-state index is 0.0701. The van der Waals surface area contributed by atoms with E-state index in [2.05, 4.69) is 44.9 Å². The number of piperazine rings is 1. The Bertz CT molecular complexity index is 662. The number of nitrogens with zero attached hydrogens (tertiary/aromatic N) is 3. The summed E-state index contributed by atoms with van der Waals surface area (Å²) in [4.78, 5) is 31.7. The van der Waals surface area contributed by atoms with Gasteiger partial charge >= 0.3 is 0 Å². The molecule has 5 heteroatoms. The Morgan fingerprint density at radius 1 is 0.852 bits per heavy atom. The second-order valence-electron chi connectivity index (χ2n) is 9.02. The van der Waals surface area contributed by atoms with E-state index >= 15 is 0 Å². The molecule has 2 heterocycles. The van der Waals surface area contributed by atoms with Gasteiger partial charge in [0.25, 0.3) is 5.91 Å². The van der Waals surface area contributed by atoms with E-state index in [0.29, 0.717) is 13.1 Å². The SMILES string of the molecule is CN1CCN(C(=O)C2CCN(C(=O)c3ccc(C(C)(C)C)cc3)CC2)CC1. The zero-order valence-electron chi connectivity index (χ0n) is 17.2. The highest BCUT2D eigenvalue weighted by atomic mass is 16.2. The Morgan fingerprint density at radius 3 is 1.93 bits per heavy atom. The first-order valence-corrected chi connectivity index (χ1v) is 10.1. The molecule has 2 saturated heterocycles. The zero-order chi connectivity index (χ0) is 19.6. The number of benzene rings is 1. The van der Waals surface area contributed by atoms with Crippen molar-refractivity contribution in [2.45, 2.75) is 39.0 Å². The number of hydrogen-bond donors (Lipinski definition) is 0. The van der Waals surface area contributed by atoms with Gasteiger partial charge in [0.15, 0.2) is 0 Å². The van der Waals surface area contributed by atoms with E-state index in [4.69, 9.17) is 0 Å². The summed E-state index contributed by atoms with van der Waals surface area (Å²) in [5.41, 5.74) is 2.06. The predicted octanol–water partition coefficient (Wildman–Crippen LogP) is 2.61. The van der Waals surface area contributed by atoms with Crippen LogP contribution in [0.1, 0.15) is 49.5 Å². The number of rotatable bonds is 2. The number of amides is 2. The molecule has 0 atom stereocenters. The average Bonchev–Trinajstić information content (AvgIpc) is 2.67. The molecule has 27 heavy (non-hydrogen) atoms. The molecule has 0 aromatic heterocycles. The third-order valence-corrected chi connectivity index (χ3v) is 5.94. The van der Waals surface area contributed by atoms with Crippen LogP contribution in [0, 0.1) is 5.92 Å². The Morgan fingerprint density at radius 2 is 1.41 bits per heavy atom. The van der Waals surface area contributed by atoms with Crippen molar-refractivity contribution in [2.75, 3.05) is 46.3 Å². The molecule has 0 saturated carbocycles. The second kappa shape index (κ2) is 8.01. The lowest BCUT2D eigenvalue weighted by Gasteiger charge is -2.37. The first-order chi connectivity index (χ1) is 12.8. The predicted molar refractivity (Wildman–Crippen MR) is 108 cm³/mol. The van der Waals surface area contributed by atoms with Crippen molar-refractivity contribution < 1.29 is 9.59 Å². The maximum Gasteiger partial charge on any atom is 0.253 e. The normalized spacial score (nSPS) is 20.0. The molecule has 0 unspecified atom stereocenters. The van der Waals surface area contributed by atoms with Crippen LogP contribution in [0.2, 0.25) is 0 Å². The van der Waals surface area contributed by atoms with E-state index in [0.717, 1.165) is 44.6 Å². The summed E-state index contributed by atoms with van der Waals surface area (Å²) >= 11 is 0. The third-order valence-electron chi connectivity index (χ3n) is 5.94. The maximum atomic E-state index is 12.8. The summed E-state index contributed by atoms with van der Waals surface area (Å²) in [5, 5.41) is 0. The molecular formula is C22H33N3O2. The van der Waals surface area contributed by atoms with Gasteiger partial charge in [-0.25, -0.2) is 0 Å². The largest absolute Gasteiger partial charge is 0.340 e. The van der Waals surface area contributed by atoms with Crippen molar-refractivity contribution in [2.24, 2.45) is 5.92 Å². The fourth-order valence-corrected chi connectivity index (χ4v) is 3.91. The molecule has 0 radical (unpaired) electrons. The molecule has 148 valence electrons. The van der Waals surface area contributed by atoms with Gasteiger partial charge in [-0.3, -0.25) is 9.59 Å². The van der Waals surface area contributed by atoms with Crippen LogP contribution in [0.5, 0.6) is 0 Å². The highest BCUT2D eigenvalue weighted by molar-refractivity contribution is 5.94. The highest BCUT2D eigenvalue weighted by Gasteiger charge is 2.31. The average molecular weight is 372 g/mol. The number of carbonyl (C=O) groups excluding carboxylic acids is 2. The van der Waals surface area contributed by atoms with Crippen molar-refractivity contribution in [1.29, 1.82) is 0 Å². The summed E-state index contributed by atoms with van der Waals surface area (Å²) < 4.78 is 0. The van der Waals surface area contributed by atoms with Gasteiger partial charge in [-0.1, -0.05) is 32.9 Å². The fourth-order valence-electron chi connectivity index (χ4n) is 3.91. The van der Waals surface area contributed by atoms with Crippen molar-refractivity contribution in [3.05, 3.63) is 35.4 Å². The molecule has 3 rings (SSSR count). The summed E-state index contributed by atoms with van der Waals surface area (Å²) in [6.07, 6.45) is 1.55. The van der Waals surface area contributed by atoms with Crippen molar-refractivity contribution in [3.63, 3.8) is 0 Å². The fraction of sp³-hybridized carbons (Fsp3) is 0.636. The van der Waals surface area contributed by atoms with Crippen LogP contribution < -0.4 is 0 Å². The Labute approximate surface area is 163 Å². The van der Waals surface area contributed by atoms with Gasteiger partial charge in [0.1, 0.15) is 0 Å². The monoisotopic (exact) mass is 371 g/mol. The lowest BCUT2D eigenvalue weighted by atomic mass is 9.86. The van der Waals surface area contributed by atoms with Crippen LogP contribution in [-0.2, 0) is 10.2 Å². The van der Waals surface area contributed by atoms with Gasteiger partial charge < -0.3 is 14.7 Å². The standard InChI is InChI=1S/C22H33N3O2/c1-22(2,3)19-7-5-17(6-8-19)20(26)24-11-9-18(10-12-24)21(27)25-15-13-23(4)14-16-25/h5-8,18H,9-16H2,1-4H3. The van der Waals surface area contributed by atoms with Crippen LogP contribution >= 0.6 is 0 Å². The van der Waals surface area contributed by atoms with Gasteiger partial charge in [0, 0.05) is 50.7 Å². The molecule has 2 amide bonds. The number of carbonyl (C=O) groups is 2. The first kappa shape index (κ1) is 19.9. The highest BCUT2D eigenvalue weighted by Crippen LogP contribution is 2.24. The van der Waals surface area contributed by atoms with Gasteiger partial charge in [-0.05, 0) is 43.0 Å². The van der Waals surface area contributed by atoms with Gasteiger partial charge in [-0.15, -0.1) is 0 Å². The molecule has 0 spiro atoms. The second-order valence-corrected chi connectivity index (χ2v) is 9.02. The van der Waals surface area contributed by atoms with Gasteiger partial charge in [0.2, 0.25) is 5.91 Å². The summed E-state index contributed by atoms with van der Waals surface area (Å²) in [6.45, 7) is 11.4. The minimum Gasteiger partial charge on any atom is -0.340 e. The quantitative estimate of drug-likeness (QED) is 0.803. The van der Waals surface area contributed by atoms with E-state index in [9.17, 15) is 9.59 Å². The molecule has 1 aromatic carbocycles. The van der Waals surface area contributed by atoms with Crippen molar-refractivity contribution in [3.8, 4) is 0 Å². The molecule has 2 aliphatic rings. The Balaban J connectivity index is 1.54. The van der Waals surface area contributed by atoms with E-state index in [-0.39, 0.29) is 23.1 Å². The maximum absolute atomic E-state index is 12.8. The number of hydrogen-bond acceptors (Lipinski definition) is 3. The lowest BCUT2D eigenvalue weighted by Crippen LogP contribution is -2.51. The molecule has 0 bridgehead atoms. The summed E-state index contributed by atoms with van der Waals surface area (Å²) in [7, 11) is 2.10. The van der Waals surface area contributed by atoms with Crippen LogP contribution in [0.4, 0.5) is 0 Å². The van der Waals surface area contributed by atoms with Crippen LogP contribution in [-0.4, -0.2) is 72.8 Å². The molecule has 2 aliphatic heterocycles. The van der Waals surface area contributed by atoms with Crippen LogP contribution in [0.25, 0.3) is 0 Å². The van der Waals surface area contributed by atoms with E-state index in [1.165, 1.54) is 5.56 Å². The van der Waals surface area contributed by atoms with Crippen molar-refractivity contribution in [1.82, 2.24) is 14.7 Å². The van der Waals surface area contributed by atoms with Gasteiger partial charge in [0.05, 0.1) is 0 Å². The Hall–Kier alpha value is -1.88. The van der Waals surface area contributed by atoms with Crippen molar-refractivity contribution >= 4 is 11.8 Å². The van der Waals surface area contributed by atoms with Gasteiger partial charge in [-0.2, -0.15) is 0 Å². The zero-order valence-corrected chi connectivity index (χ0v) is 17.2. The minimum absolute atomic E-state index is 0.0701. The topological polar surface area (TPSA) is 43.9 Å². The van der Waals surface area contributed by atoms with E-state index in [1.807, 2.05) is 21.9 Å². The molecule has 5 nitrogen and oxygen atoms in total. The number of likely N-dealkylation sites (N-methyl/N-ethyl adjacent to an activating group) is 1. The lowest BCUT2D eigenvalue weighted by molar-refractivity contribution is -0.138. The molecule has 1 aromatic rings. The van der Waals surface area contributed by atoms with E-state index < -0.39 is 0 Å². The number of piperidine rings is 1. The third kappa shape index (κ3) is 4.70.